The van der Waals surface area contributed by atoms with Gasteiger partial charge in [0, 0.05) is 29.7 Å². The maximum Gasteiger partial charge on any atom is 0.192 e. The summed E-state index contributed by atoms with van der Waals surface area (Å²) >= 11 is 1.35. The molecule has 4 aromatic rings. The molecular weight excluding hydrogens is 462 g/mol. The molecule has 1 aliphatic heterocycles. The highest BCUT2D eigenvalue weighted by atomic mass is 32.2. The fraction of sp³-hybridized carbons (Fsp3) is 0.231. The molecule has 35 heavy (non-hydrogen) atoms. The molecule has 0 amide bonds. The Morgan fingerprint density at radius 2 is 1.97 bits per heavy atom. The number of aryl methyl sites for hydroxylation is 1. The van der Waals surface area contributed by atoms with Crippen molar-refractivity contribution in [3.05, 3.63) is 90.2 Å². The summed E-state index contributed by atoms with van der Waals surface area (Å²) in [4.78, 5) is 17.6. The first kappa shape index (κ1) is 22.9. The van der Waals surface area contributed by atoms with Crippen molar-refractivity contribution in [2.45, 2.75) is 31.7 Å². The van der Waals surface area contributed by atoms with Crippen molar-refractivity contribution in [3.63, 3.8) is 0 Å². The molecule has 4 heterocycles. The molecule has 8 nitrogen and oxygen atoms in total. The maximum absolute atomic E-state index is 13.2. The van der Waals surface area contributed by atoms with Gasteiger partial charge in [-0.2, -0.15) is 0 Å². The molecule has 9 heteroatoms. The first-order valence-electron chi connectivity index (χ1n) is 11.3. The number of para-hydroxylation sites is 2. The van der Waals surface area contributed by atoms with Crippen LogP contribution >= 0.6 is 11.8 Å². The van der Waals surface area contributed by atoms with Crippen LogP contribution in [-0.2, 0) is 6.54 Å². The summed E-state index contributed by atoms with van der Waals surface area (Å²) in [7, 11) is 0. The molecule has 1 unspecified atom stereocenters. The van der Waals surface area contributed by atoms with Gasteiger partial charge in [-0.05, 0) is 44.2 Å². The highest BCUT2D eigenvalue weighted by Crippen LogP contribution is 2.36. The Bertz CT molecular complexity index is 1380. The van der Waals surface area contributed by atoms with Crippen LogP contribution in [0.2, 0.25) is 0 Å². The van der Waals surface area contributed by atoms with E-state index in [0.717, 1.165) is 17.2 Å². The van der Waals surface area contributed by atoms with Crippen molar-refractivity contribution in [2.24, 2.45) is 0 Å². The molecule has 0 fully saturated rings. The van der Waals surface area contributed by atoms with Crippen LogP contribution in [-0.4, -0.2) is 42.5 Å². The first-order chi connectivity index (χ1) is 17.1. The van der Waals surface area contributed by atoms with E-state index in [0.29, 0.717) is 41.2 Å². The number of carbonyl (C=O) groups is 1. The van der Waals surface area contributed by atoms with E-state index >= 15 is 0 Å². The fourth-order valence-electron chi connectivity index (χ4n) is 4.18. The molecule has 0 saturated heterocycles. The SMILES string of the molecule is C=CCn1c(SCC(=O)c2cc(C)n(-c3ccccn3)c2C)nnc1C1COc2ccccc2O1. The number of ether oxygens (including phenoxy) is 2. The summed E-state index contributed by atoms with van der Waals surface area (Å²) in [5.74, 6) is 3.06. The second-order valence-electron chi connectivity index (χ2n) is 8.12. The molecule has 0 bridgehead atoms. The van der Waals surface area contributed by atoms with Crippen LogP contribution < -0.4 is 9.47 Å². The predicted molar refractivity (Wildman–Crippen MR) is 134 cm³/mol. The average molecular weight is 488 g/mol. The minimum absolute atomic E-state index is 0.0196. The van der Waals surface area contributed by atoms with E-state index in [1.807, 2.05) is 71.5 Å². The average Bonchev–Trinajstić information content (AvgIpc) is 3.42. The van der Waals surface area contributed by atoms with Crippen molar-refractivity contribution >= 4 is 17.5 Å². The van der Waals surface area contributed by atoms with Gasteiger partial charge in [0.15, 0.2) is 34.4 Å². The molecular formula is C26H25N5O3S. The lowest BCUT2D eigenvalue weighted by atomic mass is 10.2. The quantitative estimate of drug-likeness (QED) is 0.201. The molecule has 1 aliphatic rings. The predicted octanol–water partition coefficient (Wildman–Crippen LogP) is 4.75. The van der Waals surface area contributed by atoms with E-state index < -0.39 is 6.10 Å². The molecule has 0 aliphatic carbocycles. The number of aromatic nitrogens is 5. The Kier molecular flexibility index (Phi) is 6.41. The molecule has 1 aromatic carbocycles. The topological polar surface area (TPSA) is 84.1 Å². The Morgan fingerprint density at radius 3 is 2.74 bits per heavy atom. The van der Waals surface area contributed by atoms with E-state index in [-0.39, 0.29) is 11.5 Å². The van der Waals surface area contributed by atoms with Crippen molar-refractivity contribution in [3.8, 4) is 17.3 Å². The summed E-state index contributed by atoms with van der Waals surface area (Å²) in [6.45, 7) is 8.60. The summed E-state index contributed by atoms with van der Waals surface area (Å²) < 4.78 is 15.9. The van der Waals surface area contributed by atoms with E-state index in [2.05, 4.69) is 21.8 Å². The Labute approximate surface area is 207 Å². The number of thioether (sulfide) groups is 1. The van der Waals surface area contributed by atoms with Crippen molar-refractivity contribution in [1.29, 1.82) is 0 Å². The minimum atomic E-state index is -0.403. The van der Waals surface area contributed by atoms with Gasteiger partial charge in [0.2, 0.25) is 0 Å². The van der Waals surface area contributed by atoms with Crippen LogP contribution in [0.5, 0.6) is 11.5 Å². The summed E-state index contributed by atoms with van der Waals surface area (Å²) in [5.41, 5.74) is 2.50. The third kappa shape index (κ3) is 4.46. The zero-order valence-corrected chi connectivity index (χ0v) is 20.4. The first-order valence-corrected chi connectivity index (χ1v) is 12.2. The van der Waals surface area contributed by atoms with Gasteiger partial charge in [0.05, 0.1) is 5.75 Å². The Morgan fingerprint density at radius 1 is 1.17 bits per heavy atom. The molecule has 5 rings (SSSR count). The Hall–Kier alpha value is -3.85. The number of pyridine rings is 1. The monoisotopic (exact) mass is 487 g/mol. The van der Waals surface area contributed by atoms with Gasteiger partial charge >= 0.3 is 0 Å². The van der Waals surface area contributed by atoms with Gasteiger partial charge in [-0.15, -0.1) is 16.8 Å². The van der Waals surface area contributed by atoms with Crippen LogP contribution in [0.1, 0.15) is 33.7 Å². The molecule has 0 N–H and O–H groups in total. The second kappa shape index (κ2) is 9.79. The standard InChI is InChI=1S/C26H25N5O3S/c1-4-13-30-25(23-15-33-21-9-5-6-10-22(21)34-23)28-29-26(30)35-16-20(32)19-14-17(2)31(18(19)3)24-11-7-8-12-27-24/h4-12,14,23H,1,13,15-16H2,2-3H3. The zero-order chi connectivity index (χ0) is 24.4. The highest BCUT2D eigenvalue weighted by Gasteiger charge is 2.28. The maximum atomic E-state index is 13.2. The molecule has 0 spiro atoms. The van der Waals surface area contributed by atoms with Crippen LogP contribution in [0.3, 0.4) is 0 Å². The zero-order valence-electron chi connectivity index (χ0n) is 19.5. The Balaban J connectivity index is 1.34. The van der Waals surface area contributed by atoms with Crippen LogP contribution in [0.15, 0.2) is 72.5 Å². The van der Waals surface area contributed by atoms with Crippen molar-refractivity contribution in [2.75, 3.05) is 12.4 Å². The van der Waals surface area contributed by atoms with Gasteiger partial charge < -0.3 is 14.0 Å². The lowest BCUT2D eigenvalue weighted by molar-refractivity contribution is 0.0821. The third-order valence-corrected chi connectivity index (χ3v) is 6.76. The van der Waals surface area contributed by atoms with Crippen LogP contribution in [0.25, 0.3) is 5.82 Å². The van der Waals surface area contributed by atoms with Gasteiger partial charge in [-0.1, -0.05) is 36.0 Å². The molecule has 178 valence electrons. The van der Waals surface area contributed by atoms with Gasteiger partial charge in [0.25, 0.3) is 0 Å². The number of benzene rings is 1. The van der Waals surface area contributed by atoms with Gasteiger partial charge in [-0.25, -0.2) is 4.98 Å². The van der Waals surface area contributed by atoms with E-state index in [4.69, 9.17) is 9.47 Å². The lowest BCUT2D eigenvalue weighted by Gasteiger charge is -2.26. The number of carbonyl (C=O) groups excluding carboxylic acids is 1. The number of allylic oxidation sites excluding steroid dienone is 1. The smallest absolute Gasteiger partial charge is 0.192 e. The second-order valence-corrected chi connectivity index (χ2v) is 9.07. The minimum Gasteiger partial charge on any atom is -0.485 e. The molecule has 0 radical (unpaired) electrons. The molecule has 0 saturated carbocycles. The van der Waals surface area contributed by atoms with Crippen LogP contribution in [0.4, 0.5) is 0 Å². The summed E-state index contributed by atoms with van der Waals surface area (Å²) in [5, 5.41) is 9.36. The van der Waals surface area contributed by atoms with Crippen molar-refractivity contribution < 1.29 is 14.3 Å². The summed E-state index contributed by atoms with van der Waals surface area (Å²) in [6.07, 6.45) is 3.12. The lowest BCUT2D eigenvalue weighted by Crippen LogP contribution is -2.25. The number of hydrogen-bond donors (Lipinski definition) is 0. The number of rotatable bonds is 8. The van der Waals surface area contributed by atoms with E-state index in [9.17, 15) is 4.79 Å². The van der Waals surface area contributed by atoms with Gasteiger partial charge in [-0.3, -0.25) is 9.36 Å². The number of fused-ring (bicyclic) bond motifs is 1. The van der Waals surface area contributed by atoms with Gasteiger partial charge in [0.1, 0.15) is 12.4 Å². The van der Waals surface area contributed by atoms with Crippen LogP contribution in [0, 0.1) is 13.8 Å². The number of nitrogens with zero attached hydrogens (tertiary/aromatic N) is 5. The largest absolute Gasteiger partial charge is 0.485 e. The summed E-state index contributed by atoms with van der Waals surface area (Å²) in [6, 6.07) is 15.2. The molecule has 1 atom stereocenters. The number of ketones is 1. The fourth-order valence-corrected chi connectivity index (χ4v) is 5.02. The van der Waals surface area contributed by atoms with E-state index in [1.54, 1.807) is 12.3 Å². The highest BCUT2D eigenvalue weighted by molar-refractivity contribution is 7.99. The normalized spacial score (nSPS) is 14.6. The third-order valence-electron chi connectivity index (χ3n) is 5.80. The number of Topliss-reactive ketones (excluding diaryl/α,β-unsaturated/α-hetero) is 1. The van der Waals surface area contributed by atoms with Crippen molar-refractivity contribution in [1.82, 2.24) is 24.3 Å². The molecule has 3 aromatic heterocycles. The number of hydrogen-bond acceptors (Lipinski definition) is 7. The van der Waals surface area contributed by atoms with E-state index in [1.165, 1.54) is 11.8 Å².